The fraction of sp³-hybridized carbons (Fsp3) is 0.600. The predicted octanol–water partition coefficient (Wildman–Crippen LogP) is 2.57. The number of guanidine groups is 1. The van der Waals surface area contributed by atoms with Crippen molar-refractivity contribution in [2.45, 2.75) is 39.8 Å². The zero-order valence-corrected chi connectivity index (χ0v) is 16.2. The summed E-state index contributed by atoms with van der Waals surface area (Å²) in [6, 6.07) is 8.30. The van der Waals surface area contributed by atoms with Crippen LogP contribution in [0.25, 0.3) is 0 Å². The van der Waals surface area contributed by atoms with Crippen molar-refractivity contribution < 1.29 is 14.3 Å². The Morgan fingerprint density at radius 2 is 2.00 bits per heavy atom. The number of hydrogen-bond donors (Lipinski definition) is 1. The van der Waals surface area contributed by atoms with Crippen LogP contribution >= 0.6 is 0 Å². The highest BCUT2D eigenvalue weighted by Gasteiger charge is 2.28. The van der Waals surface area contributed by atoms with E-state index in [1.165, 1.54) is 0 Å². The minimum atomic E-state index is -0.0956. The molecule has 0 radical (unpaired) electrons. The Hall–Kier alpha value is -2.08. The number of nitrogens with zero attached hydrogens (tertiary/aromatic N) is 2. The van der Waals surface area contributed by atoms with Crippen LogP contribution in [0.4, 0.5) is 0 Å². The zero-order chi connectivity index (χ0) is 18.8. The SMILES string of the molecule is CCNC(=NCc1ccc(COC)cc1)N1CCCC(C(=O)OCC)C1. The molecule has 1 fully saturated rings. The van der Waals surface area contributed by atoms with Crippen molar-refractivity contribution in [1.29, 1.82) is 0 Å². The third kappa shape index (κ3) is 6.02. The molecule has 0 amide bonds. The molecule has 2 rings (SSSR count). The zero-order valence-electron chi connectivity index (χ0n) is 16.2. The number of methoxy groups -OCH3 is 1. The lowest BCUT2D eigenvalue weighted by Gasteiger charge is -2.34. The number of carbonyl (C=O) groups excluding carboxylic acids is 1. The number of piperidine rings is 1. The molecule has 1 aromatic rings. The Morgan fingerprint density at radius 3 is 2.65 bits per heavy atom. The number of benzene rings is 1. The van der Waals surface area contributed by atoms with Gasteiger partial charge >= 0.3 is 5.97 Å². The van der Waals surface area contributed by atoms with Crippen LogP contribution in [0.3, 0.4) is 0 Å². The lowest BCUT2D eigenvalue weighted by atomic mass is 9.98. The largest absolute Gasteiger partial charge is 0.466 e. The summed E-state index contributed by atoms with van der Waals surface area (Å²) < 4.78 is 10.3. The monoisotopic (exact) mass is 361 g/mol. The van der Waals surface area contributed by atoms with Crippen molar-refractivity contribution in [3.05, 3.63) is 35.4 Å². The molecular formula is C20H31N3O3. The maximum atomic E-state index is 12.1. The van der Waals surface area contributed by atoms with Crippen LogP contribution in [0, 0.1) is 5.92 Å². The van der Waals surface area contributed by atoms with E-state index in [1.54, 1.807) is 7.11 Å². The average Bonchev–Trinajstić information content (AvgIpc) is 2.67. The van der Waals surface area contributed by atoms with Gasteiger partial charge in [0.05, 0.1) is 25.7 Å². The van der Waals surface area contributed by atoms with E-state index in [0.29, 0.717) is 26.3 Å². The third-order valence-corrected chi connectivity index (χ3v) is 4.42. The van der Waals surface area contributed by atoms with Gasteiger partial charge in [0, 0.05) is 26.7 Å². The van der Waals surface area contributed by atoms with E-state index in [2.05, 4.69) is 41.4 Å². The fourth-order valence-electron chi connectivity index (χ4n) is 3.12. The Bertz CT molecular complexity index is 586. The molecule has 0 aliphatic carbocycles. The molecule has 1 heterocycles. The average molecular weight is 361 g/mol. The molecule has 1 aliphatic rings. The summed E-state index contributed by atoms with van der Waals surface area (Å²) >= 11 is 0. The number of rotatable bonds is 7. The molecular weight excluding hydrogens is 330 g/mol. The van der Waals surface area contributed by atoms with E-state index in [9.17, 15) is 4.79 Å². The van der Waals surface area contributed by atoms with Gasteiger partial charge in [-0.25, -0.2) is 4.99 Å². The van der Waals surface area contributed by atoms with E-state index in [4.69, 9.17) is 14.5 Å². The lowest BCUT2D eigenvalue weighted by Crippen LogP contribution is -2.48. The number of carbonyl (C=O) groups is 1. The van der Waals surface area contributed by atoms with Crippen LogP contribution in [0.2, 0.25) is 0 Å². The highest BCUT2D eigenvalue weighted by Crippen LogP contribution is 2.18. The summed E-state index contributed by atoms with van der Waals surface area (Å²) in [6.07, 6.45) is 1.86. The summed E-state index contributed by atoms with van der Waals surface area (Å²) in [5.41, 5.74) is 2.31. The van der Waals surface area contributed by atoms with Gasteiger partial charge in [-0.2, -0.15) is 0 Å². The Morgan fingerprint density at radius 1 is 1.27 bits per heavy atom. The van der Waals surface area contributed by atoms with Gasteiger partial charge < -0.3 is 19.7 Å². The van der Waals surface area contributed by atoms with Crippen molar-refractivity contribution in [3.8, 4) is 0 Å². The molecule has 6 nitrogen and oxygen atoms in total. The highest BCUT2D eigenvalue weighted by atomic mass is 16.5. The smallest absolute Gasteiger partial charge is 0.310 e. The molecule has 0 saturated carbocycles. The van der Waals surface area contributed by atoms with E-state index < -0.39 is 0 Å². The standard InChI is InChI=1S/C20H31N3O3/c1-4-21-20(22-13-16-8-10-17(11-9-16)15-25-3)23-12-6-7-18(14-23)19(24)26-5-2/h8-11,18H,4-7,12-15H2,1-3H3,(H,21,22). The van der Waals surface area contributed by atoms with Crippen LogP contribution < -0.4 is 5.32 Å². The second-order valence-electron chi connectivity index (χ2n) is 6.46. The highest BCUT2D eigenvalue weighted by molar-refractivity contribution is 5.81. The van der Waals surface area contributed by atoms with Gasteiger partial charge in [0.2, 0.25) is 0 Å². The van der Waals surface area contributed by atoms with Gasteiger partial charge in [-0.1, -0.05) is 24.3 Å². The normalized spacial score (nSPS) is 17.9. The lowest BCUT2D eigenvalue weighted by molar-refractivity contribution is -0.149. The molecule has 26 heavy (non-hydrogen) atoms. The molecule has 1 aromatic carbocycles. The molecule has 1 unspecified atom stereocenters. The second kappa shape index (κ2) is 10.8. The molecule has 1 aliphatic heterocycles. The summed E-state index contributed by atoms with van der Waals surface area (Å²) in [7, 11) is 1.70. The van der Waals surface area contributed by atoms with Crippen molar-refractivity contribution in [2.24, 2.45) is 10.9 Å². The summed E-state index contributed by atoms with van der Waals surface area (Å²) in [4.78, 5) is 19.0. The van der Waals surface area contributed by atoms with Crippen LogP contribution in [0.5, 0.6) is 0 Å². The number of nitrogens with one attached hydrogen (secondary N) is 1. The predicted molar refractivity (Wildman–Crippen MR) is 103 cm³/mol. The van der Waals surface area contributed by atoms with Gasteiger partial charge in [-0.3, -0.25) is 4.79 Å². The molecule has 0 aromatic heterocycles. The number of hydrogen-bond acceptors (Lipinski definition) is 4. The van der Waals surface area contributed by atoms with Crippen LogP contribution in [0.1, 0.15) is 37.8 Å². The molecule has 1 saturated heterocycles. The number of likely N-dealkylation sites (tertiary alicyclic amines) is 1. The number of aliphatic imine (C=N–C) groups is 1. The number of esters is 1. The summed E-state index contributed by atoms with van der Waals surface area (Å²) in [5, 5.41) is 3.35. The van der Waals surface area contributed by atoms with Gasteiger partial charge in [-0.15, -0.1) is 0 Å². The molecule has 1 atom stereocenters. The van der Waals surface area contributed by atoms with Gasteiger partial charge in [0.15, 0.2) is 5.96 Å². The third-order valence-electron chi connectivity index (χ3n) is 4.42. The van der Waals surface area contributed by atoms with E-state index in [0.717, 1.165) is 43.0 Å². The summed E-state index contributed by atoms with van der Waals surface area (Å²) in [5.74, 6) is 0.699. The first-order valence-corrected chi connectivity index (χ1v) is 9.44. The molecule has 0 bridgehead atoms. The Balaban J connectivity index is 2.01. The van der Waals surface area contributed by atoms with Gasteiger partial charge in [-0.05, 0) is 37.8 Å². The van der Waals surface area contributed by atoms with Crippen molar-refractivity contribution in [3.63, 3.8) is 0 Å². The maximum absolute atomic E-state index is 12.1. The first-order valence-electron chi connectivity index (χ1n) is 9.44. The molecule has 6 heteroatoms. The maximum Gasteiger partial charge on any atom is 0.310 e. The number of ether oxygens (including phenoxy) is 2. The van der Waals surface area contributed by atoms with Crippen LogP contribution in [0.15, 0.2) is 29.3 Å². The Kier molecular flexibility index (Phi) is 8.41. The summed E-state index contributed by atoms with van der Waals surface area (Å²) in [6.45, 7) is 7.94. The quantitative estimate of drug-likeness (QED) is 0.459. The molecule has 1 N–H and O–H groups in total. The van der Waals surface area contributed by atoms with E-state index in [1.807, 2.05) is 6.92 Å². The van der Waals surface area contributed by atoms with Gasteiger partial charge in [0.1, 0.15) is 0 Å². The first kappa shape index (κ1) is 20.2. The van der Waals surface area contributed by atoms with Crippen molar-refractivity contribution in [2.75, 3.05) is 33.4 Å². The topological polar surface area (TPSA) is 63.2 Å². The van der Waals surface area contributed by atoms with Crippen molar-refractivity contribution >= 4 is 11.9 Å². The Labute approximate surface area is 156 Å². The van der Waals surface area contributed by atoms with E-state index in [-0.39, 0.29) is 11.9 Å². The minimum absolute atomic E-state index is 0.0686. The minimum Gasteiger partial charge on any atom is -0.466 e. The van der Waals surface area contributed by atoms with E-state index >= 15 is 0 Å². The van der Waals surface area contributed by atoms with Crippen LogP contribution in [-0.4, -0.2) is 50.2 Å². The fourth-order valence-corrected chi connectivity index (χ4v) is 3.12. The second-order valence-corrected chi connectivity index (χ2v) is 6.46. The first-order chi connectivity index (χ1) is 12.7. The molecule has 0 spiro atoms. The van der Waals surface area contributed by atoms with Gasteiger partial charge in [0.25, 0.3) is 0 Å². The van der Waals surface area contributed by atoms with Crippen molar-refractivity contribution in [1.82, 2.24) is 10.2 Å². The molecule has 144 valence electrons. The van der Waals surface area contributed by atoms with Crippen LogP contribution in [-0.2, 0) is 27.4 Å².